The van der Waals surface area contributed by atoms with Crippen LogP contribution in [-0.4, -0.2) is 49.1 Å². The zero-order valence-corrected chi connectivity index (χ0v) is 15.1. The van der Waals surface area contributed by atoms with Crippen LogP contribution >= 0.6 is 24.0 Å². The number of nitrogens with two attached hydrogens (primary N) is 1. The maximum absolute atomic E-state index is 11.1. The Morgan fingerprint density at radius 3 is 2.48 bits per heavy atom. The summed E-state index contributed by atoms with van der Waals surface area (Å²) < 4.78 is 0. The summed E-state index contributed by atoms with van der Waals surface area (Å²) in [6.07, 6.45) is 5.82. The number of likely N-dealkylation sites (tertiary alicyclic amines) is 1. The topological polar surface area (TPSA) is 82.8 Å². The first-order chi connectivity index (χ1) is 9.69. The minimum Gasteiger partial charge on any atom is -0.357 e. The largest absolute Gasteiger partial charge is 0.357 e. The molecular weight excluding hydrogens is 381 g/mol. The third-order valence-corrected chi connectivity index (χ3v) is 4.00. The predicted octanol–water partition coefficient (Wildman–Crippen LogP) is 1.50. The molecule has 6 nitrogen and oxygen atoms in total. The number of nitrogens with zero attached hydrogens (tertiary/aromatic N) is 2. The zero-order valence-electron chi connectivity index (χ0n) is 12.8. The van der Waals surface area contributed by atoms with Gasteiger partial charge in [0.25, 0.3) is 0 Å². The zero-order chi connectivity index (χ0) is 14.4. The van der Waals surface area contributed by atoms with Crippen LogP contribution < -0.4 is 16.4 Å². The molecule has 0 spiro atoms. The molecule has 4 N–H and O–H groups in total. The first kappa shape index (κ1) is 18.3. The first-order valence-corrected chi connectivity index (χ1v) is 7.78. The number of piperidine rings is 1. The molecule has 1 heterocycles. The number of hydrogen-bond donors (Lipinski definition) is 3. The Hall–Kier alpha value is -0.730. The van der Waals surface area contributed by atoms with E-state index in [1.807, 2.05) is 0 Å². The number of urea groups is 1. The van der Waals surface area contributed by atoms with Crippen molar-refractivity contribution in [3.05, 3.63) is 0 Å². The highest BCUT2D eigenvalue weighted by Crippen LogP contribution is 2.32. The van der Waals surface area contributed by atoms with Gasteiger partial charge in [-0.2, -0.15) is 0 Å². The summed E-state index contributed by atoms with van der Waals surface area (Å²) in [5.74, 6) is 1.83. The van der Waals surface area contributed by atoms with Crippen LogP contribution in [0.4, 0.5) is 4.79 Å². The highest BCUT2D eigenvalue weighted by atomic mass is 127. The van der Waals surface area contributed by atoms with Crippen molar-refractivity contribution < 1.29 is 4.79 Å². The van der Waals surface area contributed by atoms with E-state index in [2.05, 4.69) is 22.5 Å². The van der Waals surface area contributed by atoms with Gasteiger partial charge in [0.2, 0.25) is 0 Å². The van der Waals surface area contributed by atoms with Gasteiger partial charge in [-0.05, 0) is 32.1 Å². The van der Waals surface area contributed by atoms with Crippen LogP contribution in [0.1, 0.15) is 39.0 Å². The third-order valence-electron chi connectivity index (χ3n) is 4.00. The van der Waals surface area contributed by atoms with Crippen LogP contribution in [0.15, 0.2) is 4.99 Å². The second-order valence-corrected chi connectivity index (χ2v) is 5.74. The van der Waals surface area contributed by atoms with E-state index >= 15 is 0 Å². The molecule has 1 aliphatic heterocycles. The van der Waals surface area contributed by atoms with Gasteiger partial charge < -0.3 is 21.3 Å². The van der Waals surface area contributed by atoms with Gasteiger partial charge in [0.1, 0.15) is 0 Å². The summed E-state index contributed by atoms with van der Waals surface area (Å²) in [4.78, 5) is 17.4. The Morgan fingerprint density at radius 2 is 1.95 bits per heavy atom. The van der Waals surface area contributed by atoms with Crippen LogP contribution in [0.25, 0.3) is 0 Å². The van der Waals surface area contributed by atoms with Crippen molar-refractivity contribution in [3.63, 3.8) is 0 Å². The van der Waals surface area contributed by atoms with Crippen molar-refractivity contribution in [2.24, 2.45) is 16.6 Å². The SMILES string of the molecule is CCNC(=NCCC1CC1)NC1CCN(C(N)=O)CC1.I. The van der Waals surface area contributed by atoms with E-state index in [0.717, 1.165) is 50.9 Å². The molecule has 0 aromatic rings. The molecule has 1 aliphatic carbocycles. The van der Waals surface area contributed by atoms with Crippen molar-refractivity contribution in [1.29, 1.82) is 0 Å². The van der Waals surface area contributed by atoms with Crippen LogP contribution in [0, 0.1) is 5.92 Å². The Kier molecular flexibility index (Phi) is 8.13. The summed E-state index contributed by atoms with van der Waals surface area (Å²) in [7, 11) is 0. The van der Waals surface area contributed by atoms with E-state index in [1.165, 1.54) is 19.3 Å². The Bertz CT molecular complexity index is 351. The number of guanidine groups is 1. The molecule has 0 aromatic carbocycles. The molecule has 122 valence electrons. The Labute approximate surface area is 144 Å². The molecule has 0 unspecified atom stereocenters. The lowest BCUT2D eigenvalue weighted by molar-refractivity contribution is 0.188. The van der Waals surface area contributed by atoms with Crippen LogP contribution in [0.2, 0.25) is 0 Å². The number of rotatable bonds is 5. The Morgan fingerprint density at radius 1 is 1.29 bits per heavy atom. The fourth-order valence-electron chi connectivity index (χ4n) is 2.52. The molecule has 7 heteroatoms. The average Bonchev–Trinajstić information content (AvgIpc) is 3.23. The van der Waals surface area contributed by atoms with Crippen molar-refractivity contribution in [2.75, 3.05) is 26.2 Å². The van der Waals surface area contributed by atoms with Crippen LogP contribution in [0.5, 0.6) is 0 Å². The molecule has 1 saturated heterocycles. The maximum atomic E-state index is 11.1. The molecule has 0 bridgehead atoms. The van der Waals surface area contributed by atoms with E-state index in [9.17, 15) is 4.79 Å². The second-order valence-electron chi connectivity index (χ2n) is 5.74. The lowest BCUT2D eigenvalue weighted by Gasteiger charge is -2.32. The minimum atomic E-state index is -0.312. The van der Waals surface area contributed by atoms with Gasteiger partial charge in [-0.15, -0.1) is 24.0 Å². The molecule has 2 fully saturated rings. The molecule has 2 rings (SSSR count). The quantitative estimate of drug-likeness (QED) is 0.366. The fourth-order valence-corrected chi connectivity index (χ4v) is 2.52. The van der Waals surface area contributed by atoms with E-state index in [4.69, 9.17) is 5.73 Å². The average molecular weight is 409 g/mol. The number of aliphatic imine (C=N–C) groups is 1. The number of primary amides is 1. The summed E-state index contributed by atoms with van der Waals surface area (Å²) in [5, 5.41) is 6.76. The van der Waals surface area contributed by atoms with Crippen molar-refractivity contribution in [3.8, 4) is 0 Å². The van der Waals surface area contributed by atoms with Crippen molar-refractivity contribution in [2.45, 2.75) is 45.1 Å². The number of amides is 2. The third kappa shape index (κ3) is 6.71. The summed E-state index contributed by atoms with van der Waals surface area (Å²) in [6.45, 7) is 5.31. The normalized spacial score (nSPS) is 19.9. The molecule has 21 heavy (non-hydrogen) atoms. The van der Waals surface area contributed by atoms with Gasteiger partial charge in [0.15, 0.2) is 5.96 Å². The molecule has 2 aliphatic rings. The summed E-state index contributed by atoms with van der Waals surface area (Å²) >= 11 is 0. The highest BCUT2D eigenvalue weighted by Gasteiger charge is 2.22. The molecule has 0 aromatic heterocycles. The summed E-state index contributed by atoms with van der Waals surface area (Å²) in [6, 6.07) is 0.0674. The number of carbonyl (C=O) groups is 1. The first-order valence-electron chi connectivity index (χ1n) is 7.78. The van der Waals surface area contributed by atoms with Gasteiger partial charge >= 0.3 is 6.03 Å². The van der Waals surface area contributed by atoms with Gasteiger partial charge in [0, 0.05) is 32.2 Å². The minimum absolute atomic E-state index is 0. The number of carbonyl (C=O) groups excluding carboxylic acids is 1. The molecule has 2 amide bonds. The van der Waals surface area contributed by atoms with Crippen molar-refractivity contribution >= 4 is 36.0 Å². The molecular formula is C14H28IN5O. The predicted molar refractivity (Wildman–Crippen MR) is 96.0 cm³/mol. The lowest BCUT2D eigenvalue weighted by atomic mass is 10.1. The van der Waals surface area contributed by atoms with E-state index < -0.39 is 0 Å². The molecule has 0 atom stereocenters. The monoisotopic (exact) mass is 409 g/mol. The number of hydrogen-bond acceptors (Lipinski definition) is 2. The second kappa shape index (κ2) is 9.32. The lowest BCUT2D eigenvalue weighted by Crippen LogP contribution is -2.50. The fraction of sp³-hybridized carbons (Fsp3) is 0.857. The van der Waals surface area contributed by atoms with Crippen molar-refractivity contribution in [1.82, 2.24) is 15.5 Å². The molecule has 1 saturated carbocycles. The van der Waals surface area contributed by atoms with Gasteiger partial charge in [-0.3, -0.25) is 4.99 Å². The van der Waals surface area contributed by atoms with E-state index in [-0.39, 0.29) is 30.0 Å². The maximum Gasteiger partial charge on any atom is 0.314 e. The van der Waals surface area contributed by atoms with Crippen LogP contribution in [-0.2, 0) is 0 Å². The number of nitrogens with one attached hydrogen (secondary N) is 2. The van der Waals surface area contributed by atoms with Gasteiger partial charge in [0.05, 0.1) is 0 Å². The van der Waals surface area contributed by atoms with Gasteiger partial charge in [-0.1, -0.05) is 12.8 Å². The standard InChI is InChI=1S/C14H27N5O.HI/c1-2-16-14(17-8-5-11-3-4-11)18-12-6-9-19(10-7-12)13(15)20;/h11-12H,2-10H2,1H3,(H2,15,20)(H2,16,17,18);1H. The van der Waals surface area contributed by atoms with Crippen LogP contribution in [0.3, 0.4) is 0 Å². The Balaban J connectivity index is 0.00000220. The van der Waals surface area contributed by atoms with Gasteiger partial charge in [-0.25, -0.2) is 4.79 Å². The van der Waals surface area contributed by atoms with E-state index in [1.54, 1.807) is 4.90 Å². The molecule has 0 radical (unpaired) electrons. The smallest absolute Gasteiger partial charge is 0.314 e. The summed E-state index contributed by atoms with van der Waals surface area (Å²) in [5.41, 5.74) is 5.29. The number of halogens is 1. The highest BCUT2D eigenvalue weighted by molar-refractivity contribution is 14.0. The van der Waals surface area contributed by atoms with E-state index in [0.29, 0.717) is 6.04 Å².